The fourth-order valence-corrected chi connectivity index (χ4v) is 3.57. The molecule has 0 amide bonds. The van der Waals surface area contributed by atoms with E-state index in [0.29, 0.717) is 18.9 Å². The molecule has 1 aromatic heterocycles. The van der Waals surface area contributed by atoms with Crippen LogP contribution in [0.3, 0.4) is 0 Å². The van der Waals surface area contributed by atoms with Crippen LogP contribution in [0, 0.1) is 0 Å². The number of nitrogens with two attached hydrogens (primary N) is 2. The number of nitrogens with zero attached hydrogens (tertiary/aromatic N) is 1. The largest absolute Gasteiger partial charge is 0.496 e. The number of H-pyrrole nitrogens is 1. The Morgan fingerprint density at radius 3 is 2.83 bits per heavy atom. The number of para-hydroxylation sites is 1. The molecule has 1 aliphatic heterocycles. The second-order valence-electron chi connectivity index (χ2n) is 6.85. The molecule has 0 saturated carbocycles. The molecule has 0 aliphatic carbocycles. The molecule has 0 spiro atoms. The van der Waals surface area contributed by atoms with Crippen LogP contribution < -0.4 is 21.5 Å². The maximum absolute atomic E-state index is 6.11. The number of fused-ring (bicyclic) bond motifs is 1. The van der Waals surface area contributed by atoms with Crippen molar-refractivity contribution in [1.29, 1.82) is 0 Å². The number of nitrogens with one attached hydrogen (secondary N) is 2. The molecule has 4 rings (SSSR count). The smallest absolute Gasteiger partial charge is 0.126 e. The summed E-state index contributed by atoms with van der Waals surface area (Å²) in [5, 5.41) is 3.48. The average molecular weight is 387 g/mol. The molecule has 2 heterocycles. The number of ether oxygens (including phenoxy) is 1. The third kappa shape index (κ3) is 3.75. The minimum absolute atomic E-state index is 0.484. The molecular formula is C23H25N5O. The summed E-state index contributed by atoms with van der Waals surface area (Å²) in [5.41, 5.74) is 18.1. The summed E-state index contributed by atoms with van der Waals surface area (Å²) in [6, 6.07) is 16.2. The summed E-state index contributed by atoms with van der Waals surface area (Å²) in [6.45, 7) is 1.73. The Hall–Kier alpha value is -3.51. The van der Waals surface area contributed by atoms with Crippen LogP contribution in [-0.2, 0) is 0 Å². The Morgan fingerprint density at radius 1 is 1.14 bits per heavy atom. The number of hydrogen-bond donors (Lipinski definition) is 4. The Balaban J connectivity index is 1.73. The van der Waals surface area contributed by atoms with Crippen molar-refractivity contribution in [2.24, 2.45) is 16.5 Å². The van der Waals surface area contributed by atoms with Crippen LogP contribution in [-0.4, -0.2) is 37.6 Å². The molecule has 3 aromatic rings. The van der Waals surface area contributed by atoms with Gasteiger partial charge in [-0.1, -0.05) is 36.4 Å². The molecule has 0 atom stereocenters. The van der Waals surface area contributed by atoms with Gasteiger partial charge >= 0.3 is 0 Å². The minimum atomic E-state index is 0.484. The van der Waals surface area contributed by atoms with Crippen LogP contribution in [0.15, 0.2) is 59.7 Å². The van der Waals surface area contributed by atoms with Crippen molar-refractivity contribution in [2.45, 2.75) is 0 Å². The third-order valence-corrected chi connectivity index (χ3v) is 5.03. The lowest BCUT2D eigenvalue weighted by molar-refractivity contribution is 0.416. The van der Waals surface area contributed by atoms with Crippen LogP contribution in [0.1, 0.15) is 16.7 Å². The van der Waals surface area contributed by atoms with Crippen LogP contribution in [0.4, 0.5) is 5.82 Å². The lowest BCUT2D eigenvalue weighted by Crippen LogP contribution is -2.16. The Morgan fingerprint density at radius 2 is 2.00 bits per heavy atom. The summed E-state index contributed by atoms with van der Waals surface area (Å²) < 4.78 is 5.55. The minimum Gasteiger partial charge on any atom is -0.496 e. The summed E-state index contributed by atoms with van der Waals surface area (Å²) in [4.78, 5) is 7.65. The van der Waals surface area contributed by atoms with Gasteiger partial charge in [0, 0.05) is 41.5 Å². The Bertz CT molecular complexity index is 1080. The van der Waals surface area contributed by atoms with E-state index < -0.39 is 0 Å². The summed E-state index contributed by atoms with van der Waals surface area (Å²) in [5.74, 6) is 2.37. The predicted octanol–water partition coefficient (Wildman–Crippen LogP) is 3.32. The van der Waals surface area contributed by atoms with Gasteiger partial charge in [0.05, 0.1) is 13.7 Å². The molecular weight excluding hydrogens is 362 g/mol. The maximum Gasteiger partial charge on any atom is 0.126 e. The number of aliphatic imine (C=N–C) groups is 1. The zero-order valence-electron chi connectivity index (χ0n) is 16.4. The summed E-state index contributed by atoms with van der Waals surface area (Å²) in [7, 11) is 1.69. The predicted molar refractivity (Wildman–Crippen MR) is 120 cm³/mol. The van der Waals surface area contributed by atoms with Crippen molar-refractivity contribution in [3.05, 3.63) is 71.4 Å². The highest BCUT2D eigenvalue weighted by molar-refractivity contribution is 6.00. The highest BCUT2D eigenvalue weighted by Gasteiger charge is 2.19. The van der Waals surface area contributed by atoms with Gasteiger partial charge in [0.1, 0.15) is 17.4 Å². The number of anilines is 1. The van der Waals surface area contributed by atoms with Crippen molar-refractivity contribution < 1.29 is 4.74 Å². The first-order chi connectivity index (χ1) is 14.2. The standard InChI is InChI=1S/C23H25N5O/c1-29-21-8-3-2-7-18(21)20-14-28-23-19(20)12-17(13-27-23)15-5-4-6-16(11-15)22(25)26-10-9-24/h2-8,11-12,14,27-28H,9-10,13,24H2,1H3,(H2,25,26). The van der Waals surface area contributed by atoms with Crippen LogP contribution in [0.2, 0.25) is 0 Å². The van der Waals surface area contributed by atoms with Crippen LogP contribution in [0.25, 0.3) is 22.8 Å². The van der Waals surface area contributed by atoms with E-state index in [4.69, 9.17) is 16.2 Å². The number of aromatic nitrogens is 1. The van der Waals surface area contributed by atoms with E-state index in [1.807, 2.05) is 36.5 Å². The van der Waals surface area contributed by atoms with Gasteiger partial charge in [-0.3, -0.25) is 4.99 Å². The molecule has 2 aromatic carbocycles. The first-order valence-corrected chi connectivity index (χ1v) is 9.61. The molecule has 0 radical (unpaired) electrons. The van der Waals surface area contributed by atoms with Crippen molar-refractivity contribution in [2.75, 3.05) is 32.1 Å². The second-order valence-corrected chi connectivity index (χ2v) is 6.85. The molecule has 29 heavy (non-hydrogen) atoms. The SMILES string of the molecule is COc1ccccc1-c1c[nH]c2c1C=C(c1cccc(C(N)=NCCN)c1)CN2. The quantitative estimate of drug-likeness (QED) is 0.385. The fraction of sp³-hybridized carbons (Fsp3) is 0.174. The number of benzene rings is 2. The van der Waals surface area contributed by atoms with Gasteiger partial charge in [-0.2, -0.15) is 0 Å². The lowest BCUT2D eigenvalue weighted by Gasteiger charge is -2.18. The zero-order chi connectivity index (χ0) is 20.2. The van der Waals surface area contributed by atoms with Crippen LogP contribution in [0.5, 0.6) is 5.75 Å². The first kappa shape index (κ1) is 18.8. The average Bonchev–Trinajstić information content (AvgIpc) is 3.20. The van der Waals surface area contributed by atoms with Gasteiger partial charge < -0.3 is 26.5 Å². The number of methoxy groups -OCH3 is 1. The van der Waals surface area contributed by atoms with Crippen LogP contribution >= 0.6 is 0 Å². The molecule has 148 valence electrons. The van der Waals surface area contributed by atoms with E-state index in [0.717, 1.165) is 45.9 Å². The van der Waals surface area contributed by atoms with E-state index in [9.17, 15) is 0 Å². The second kappa shape index (κ2) is 8.24. The van der Waals surface area contributed by atoms with E-state index in [2.05, 4.69) is 39.6 Å². The monoisotopic (exact) mass is 387 g/mol. The lowest BCUT2D eigenvalue weighted by atomic mass is 9.95. The number of rotatable bonds is 6. The highest BCUT2D eigenvalue weighted by atomic mass is 16.5. The number of amidine groups is 1. The van der Waals surface area contributed by atoms with E-state index in [1.54, 1.807) is 7.11 Å². The summed E-state index contributed by atoms with van der Waals surface area (Å²) in [6.07, 6.45) is 4.24. The maximum atomic E-state index is 6.11. The van der Waals surface area contributed by atoms with Crippen molar-refractivity contribution in [3.8, 4) is 16.9 Å². The molecule has 0 unspecified atom stereocenters. The molecule has 6 N–H and O–H groups in total. The molecule has 0 fully saturated rings. The highest BCUT2D eigenvalue weighted by Crippen LogP contribution is 2.39. The topological polar surface area (TPSA) is 101 Å². The van der Waals surface area contributed by atoms with E-state index in [-0.39, 0.29) is 0 Å². The Kier molecular flexibility index (Phi) is 5.35. The number of aromatic amines is 1. The van der Waals surface area contributed by atoms with E-state index in [1.165, 1.54) is 5.57 Å². The molecule has 0 bridgehead atoms. The third-order valence-electron chi connectivity index (χ3n) is 5.03. The van der Waals surface area contributed by atoms with Crippen molar-refractivity contribution >= 4 is 23.3 Å². The van der Waals surface area contributed by atoms with Gasteiger partial charge in [0.2, 0.25) is 0 Å². The van der Waals surface area contributed by atoms with Gasteiger partial charge in [-0.25, -0.2) is 0 Å². The Labute approximate surface area is 170 Å². The van der Waals surface area contributed by atoms with Gasteiger partial charge in [-0.05, 0) is 29.3 Å². The molecule has 6 nitrogen and oxygen atoms in total. The first-order valence-electron chi connectivity index (χ1n) is 9.61. The van der Waals surface area contributed by atoms with Gasteiger partial charge in [0.15, 0.2) is 0 Å². The summed E-state index contributed by atoms with van der Waals surface area (Å²) >= 11 is 0. The normalized spacial score (nSPS) is 13.4. The van der Waals surface area contributed by atoms with Crippen molar-refractivity contribution in [1.82, 2.24) is 4.98 Å². The number of hydrogen-bond acceptors (Lipinski definition) is 4. The molecule has 1 aliphatic rings. The zero-order valence-corrected chi connectivity index (χ0v) is 16.4. The van der Waals surface area contributed by atoms with Gasteiger partial charge in [0.25, 0.3) is 0 Å². The van der Waals surface area contributed by atoms with Gasteiger partial charge in [-0.15, -0.1) is 0 Å². The van der Waals surface area contributed by atoms with E-state index >= 15 is 0 Å². The molecule has 0 saturated heterocycles. The molecule has 6 heteroatoms. The fourth-order valence-electron chi connectivity index (χ4n) is 3.57. The van der Waals surface area contributed by atoms with Crippen molar-refractivity contribution in [3.63, 3.8) is 0 Å².